The summed E-state index contributed by atoms with van der Waals surface area (Å²) in [7, 11) is 0. The van der Waals surface area contributed by atoms with E-state index in [1.807, 2.05) is 6.92 Å². The van der Waals surface area contributed by atoms with Crippen molar-refractivity contribution in [3.63, 3.8) is 0 Å². The van der Waals surface area contributed by atoms with E-state index in [1.54, 1.807) is 0 Å². The number of aldehydes is 1. The Morgan fingerprint density at radius 1 is 1.32 bits per heavy atom. The molecule has 19 heavy (non-hydrogen) atoms. The quantitative estimate of drug-likeness (QED) is 0.574. The fraction of sp³-hybridized carbons (Fsp3) is 0.857. The molecule has 5 heteroatoms. The van der Waals surface area contributed by atoms with E-state index in [0.717, 1.165) is 25.5 Å². The lowest BCUT2D eigenvalue weighted by Crippen LogP contribution is -2.31. The zero-order valence-corrected chi connectivity index (χ0v) is 11.5. The Kier molecular flexibility index (Phi) is 4.93. The highest BCUT2D eigenvalue weighted by Gasteiger charge is 2.44. The molecule has 1 aliphatic carbocycles. The van der Waals surface area contributed by atoms with Crippen LogP contribution < -0.4 is 0 Å². The molecule has 0 bridgehead atoms. The van der Waals surface area contributed by atoms with E-state index >= 15 is 0 Å². The van der Waals surface area contributed by atoms with Crippen LogP contribution in [0.4, 0.5) is 0 Å². The van der Waals surface area contributed by atoms with Crippen LogP contribution in [0.2, 0.25) is 0 Å². The van der Waals surface area contributed by atoms with Crippen molar-refractivity contribution in [3.05, 3.63) is 0 Å². The number of carbonyl (C=O) groups excluding carboxylic acids is 2. The number of rotatable bonds is 4. The van der Waals surface area contributed by atoms with Crippen LogP contribution in [0.25, 0.3) is 0 Å². The predicted octanol–water partition coefficient (Wildman–Crippen LogP) is 1.68. The lowest BCUT2D eigenvalue weighted by Gasteiger charge is -2.27. The molecule has 1 aliphatic heterocycles. The lowest BCUT2D eigenvalue weighted by atomic mass is 9.97. The lowest BCUT2D eigenvalue weighted by molar-refractivity contribution is -0.195. The molecule has 1 saturated heterocycles. The zero-order valence-electron chi connectivity index (χ0n) is 11.5. The molecule has 108 valence electrons. The SMILES string of the molecule is CC(=O)O[C@H]1C[C@@H](OC2CCCCO2)C(C=O)C1C. The van der Waals surface area contributed by atoms with Crippen molar-refractivity contribution in [3.8, 4) is 0 Å². The molecule has 2 rings (SSSR count). The molecule has 0 aromatic heterocycles. The average Bonchev–Trinajstić information content (AvgIpc) is 2.66. The zero-order chi connectivity index (χ0) is 13.8. The van der Waals surface area contributed by atoms with Gasteiger partial charge in [-0.3, -0.25) is 4.79 Å². The molecule has 5 nitrogen and oxygen atoms in total. The normalized spacial score (nSPS) is 38.9. The Balaban J connectivity index is 1.94. The third kappa shape index (κ3) is 3.54. The fourth-order valence-corrected chi connectivity index (χ4v) is 2.93. The monoisotopic (exact) mass is 270 g/mol. The maximum absolute atomic E-state index is 11.2. The van der Waals surface area contributed by atoms with Gasteiger partial charge in [-0.15, -0.1) is 0 Å². The summed E-state index contributed by atoms with van der Waals surface area (Å²) in [6.07, 6.45) is 3.85. The van der Waals surface area contributed by atoms with Crippen molar-refractivity contribution in [2.24, 2.45) is 11.8 Å². The molecule has 0 amide bonds. The standard InChI is InChI=1S/C14H22O5/c1-9-11(8-15)13(7-12(9)18-10(2)16)19-14-5-3-4-6-17-14/h8-9,11-14H,3-7H2,1-2H3/t9?,11?,12-,13+,14?/m0/s1. The molecule has 0 spiro atoms. The van der Waals surface area contributed by atoms with Crippen LogP contribution in [0.5, 0.6) is 0 Å². The molecular weight excluding hydrogens is 248 g/mol. The first kappa shape index (κ1) is 14.5. The van der Waals surface area contributed by atoms with Gasteiger partial charge in [0.1, 0.15) is 12.4 Å². The van der Waals surface area contributed by atoms with Gasteiger partial charge in [0.05, 0.1) is 6.10 Å². The van der Waals surface area contributed by atoms with Crippen LogP contribution in [0, 0.1) is 11.8 Å². The fourth-order valence-electron chi connectivity index (χ4n) is 2.93. The summed E-state index contributed by atoms with van der Waals surface area (Å²) in [5, 5.41) is 0. The summed E-state index contributed by atoms with van der Waals surface area (Å²) in [5.74, 6) is -0.541. The van der Waals surface area contributed by atoms with Crippen LogP contribution in [0.3, 0.4) is 0 Å². The van der Waals surface area contributed by atoms with Gasteiger partial charge in [0.15, 0.2) is 6.29 Å². The first-order valence-corrected chi connectivity index (χ1v) is 7.01. The Morgan fingerprint density at radius 2 is 2.11 bits per heavy atom. The highest BCUT2D eigenvalue weighted by atomic mass is 16.7. The van der Waals surface area contributed by atoms with Gasteiger partial charge in [-0.2, -0.15) is 0 Å². The molecule has 1 saturated carbocycles. The second-order valence-corrected chi connectivity index (χ2v) is 5.43. The van der Waals surface area contributed by atoms with Crippen LogP contribution >= 0.6 is 0 Å². The Morgan fingerprint density at radius 3 is 2.68 bits per heavy atom. The molecule has 5 atom stereocenters. The van der Waals surface area contributed by atoms with E-state index in [2.05, 4.69) is 0 Å². The van der Waals surface area contributed by atoms with Crippen molar-refractivity contribution in [2.45, 2.75) is 58.0 Å². The summed E-state index contributed by atoms with van der Waals surface area (Å²) in [6.45, 7) is 4.03. The number of carbonyl (C=O) groups is 2. The maximum Gasteiger partial charge on any atom is 0.302 e. The van der Waals surface area contributed by atoms with Crippen molar-refractivity contribution >= 4 is 12.3 Å². The van der Waals surface area contributed by atoms with Gasteiger partial charge in [0.2, 0.25) is 0 Å². The summed E-state index contributed by atoms with van der Waals surface area (Å²) in [4.78, 5) is 22.3. The molecular formula is C14H22O5. The second-order valence-electron chi connectivity index (χ2n) is 5.43. The van der Waals surface area contributed by atoms with Crippen molar-refractivity contribution in [1.29, 1.82) is 0 Å². The molecule has 1 heterocycles. The van der Waals surface area contributed by atoms with Gasteiger partial charge in [-0.05, 0) is 19.3 Å². The highest BCUT2D eigenvalue weighted by molar-refractivity contribution is 5.66. The molecule has 3 unspecified atom stereocenters. The molecule has 2 fully saturated rings. The molecule has 0 aromatic rings. The summed E-state index contributed by atoms with van der Waals surface area (Å²) in [6, 6.07) is 0. The summed E-state index contributed by atoms with van der Waals surface area (Å²) >= 11 is 0. The first-order valence-electron chi connectivity index (χ1n) is 7.01. The number of hydrogen-bond acceptors (Lipinski definition) is 5. The third-order valence-corrected chi connectivity index (χ3v) is 4.03. The Bertz CT molecular complexity index is 324. The van der Waals surface area contributed by atoms with Gasteiger partial charge < -0.3 is 19.0 Å². The van der Waals surface area contributed by atoms with Gasteiger partial charge >= 0.3 is 5.97 Å². The first-order chi connectivity index (χ1) is 9.11. The highest BCUT2D eigenvalue weighted by Crippen LogP contribution is 2.36. The number of ether oxygens (including phenoxy) is 3. The van der Waals surface area contributed by atoms with E-state index in [0.29, 0.717) is 13.0 Å². The van der Waals surface area contributed by atoms with Crippen molar-refractivity contribution in [2.75, 3.05) is 6.61 Å². The minimum absolute atomic E-state index is 0.00464. The van der Waals surface area contributed by atoms with Crippen LogP contribution in [0.15, 0.2) is 0 Å². The van der Waals surface area contributed by atoms with Gasteiger partial charge in [0, 0.05) is 31.8 Å². The van der Waals surface area contributed by atoms with Crippen LogP contribution in [-0.2, 0) is 23.8 Å². The predicted molar refractivity (Wildman–Crippen MR) is 67.4 cm³/mol. The molecule has 2 aliphatic rings. The third-order valence-electron chi connectivity index (χ3n) is 4.03. The largest absolute Gasteiger partial charge is 0.462 e. The summed E-state index contributed by atoms with van der Waals surface area (Å²) < 4.78 is 16.7. The van der Waals surface area contributed by atoms with E-state index in [-0.39, 0.29) is 36.3 Å². The van der Waals surface area contributed by atoms with E-state index in [4.69, 9.17) is 14.2 Å². The van der Waals surface area contributed by atoms with E-state index in [1.165, 1.54) is 6.92 Å². The van der Waals surface area contributed by atoms with Gasteiger partial charge in [-0.25, -0.2) is 0 Å². The minimum Gasteiger partial charge on any atom is -0.462 e. The van der Waals surface area contributed by atoms with Crippen molar-refractivity contribution in [1.82, 2.24) is 0 Å². The maximum atomic E-state index is 11.2. The average molecular weight is 270 g/mol. The smallest absolute Gasteiger partial charge is 0.302 e. The van der Waals surface area contributed by atoms with E-state index in [9.17, 15) is 9.59 Å². The molecule has 0 N–H and O–H groups in total. The summed E-state index contributed by atoms with van der Waals surface area (Å²) in [5.41, 5.74) is 0. The molecule has 0 aromatic carbocycles. The number of esters is 1. The minimum atomic E-state index is -0.309. The molecule has 0 radical (unpaired) electrons. The topological polar surface area (TPSA) is 61.8 Å². The van der Waals surface area contributed by atoms with Crippen molar-refractivity contribution < 1.29 is 23.8 Å². The van der Waals surface area contributed by atoms with Crippen LogP contribution in [-0.4, -0.2) is 37.4 Å². The Hall–Kier alpha value is -0.940. The van der Waals surface area contributed by atoms with Crippen LogP contribution in [0.1, 0.15) is 39.5 Å². The Labute approximate surface area is 113 Å². The van der Waals surface area contributed by atoms with Gasteiger partial charge in [0.25, 0.3) is 0 Å². The van der Waals surface area contributed by atoms with Gasteiger partial charge in [-0.1, -0.05) is 6.92 Å². The number of hydrogen-bond donors (Lipinski definition) is 0. The van der Waals surface area contributed by atoms with E-state index < -0.39 is 0 Å². The second kappa shape index (κ2) is 6.48.